The average molecular weight is 284 g/mol. The second kappa shape index (κ2) is 8.14. The molecule has 0 aromatic rings. The van der Waals surface area contributed by atoms with Crippen LogP contribution in [0.15, 0.2) is 0 Å². The number of nitrogens with two attached hydrogens (primary N) is 1. The van der Waals surface area contributed by atoms with Crippen molar-refractivity contribution in [2.75, 3.05) is 32.7 Å². The Morgan fingerprint density at radius 1 is 1.35 bits per heavy atom. The standard InChI is InChI=1S/C11H21N3O.2ClH/c12-4-3-9-2-1-5-14(8-9)11(15)10-6-13-7-10;;/h9-10,13H,1-8,12H2;2*1H. The van der Waals surface area contributed by atoms with Gasteiger partial charge >= 0.3 is 0 Å². The van der Waals surface area contributed by atoms with Crippen LogP contribution in [0.2, 0.25) is 0 Å². The van der Waals surface area contributed by atoms with Crippen molar-refractivity contribution in [2.24, 2.45) is 17.6 Å². The number of hydrogen-bond acceptors (Lipinski definition) is 3. The van der Waals surface area contributed by atoms with Crippen LogP contribution in [0.4, 0.5) is 0 Å². The molecule has 2 aliphatic heterocycles. The van der Waals surface area contributed by atoms with Gasteiger partial charge in [-0.1, -0.05) is 0 Å². The van der Waals surface area contributed by atoms with Gasteiger partial charge in [0.25, 0.3) is 0 Å². The molecule has 2 aliphatic rings. The second-order valence-corrected chi connectivity index (χ2v) is 4.73. The van der Waals surface area contributed by atoms with Gasteiger partial charge in [-0.05, 0) is 31.7 Å². The van der Waals surface area contributed by atoms with E-state index in [1.54, 1.807) is 0 Å². The molecule has 0 aliphatic carbocycles. The largest absolute Gasteiger partial charge is 0.342 e. The molecule has 1 atom stereocenters. The summed E-state index contributed by atoms with van der Waals surface area (Å²) < 4.78 is 0. The number of carbonyl (C=O) groups is 1. The number of likely N-dealkylation sites (tertiary alicyclic amines) is 1. The maximum Gasteiger partial charge on any atom is 0.228 e. The first-order chi connectivity index (χ1) is 7.31. The highest BCUT2D eigenvalue weighted by atomic mass is 35.5. The number of carbonyl (C=O) groups excluding carboxylic acids is 1. The van der Waals surface area contributed by atoms with Crippen molar-refractivity contribution in [1.82, 2.24) is 10.2 Å². The molecule has 0 aromatic heterocycles. The molecular weight excluding hydrogens is 261 g/mol. The summed E-state index contributed by atoms with van der Waals surface area (Å²) in [6, 6.07) is 0. The maximum atomic E-state index is 12.0. The maximum absolute atomic E-state index is 12.0. The van der Waals surface area contributed by atoms with Crippen molar-refractivity contribution in [3.8, 4) is 0 Å². The molecule has 0 saturated carbocycles. The Hall–Kier alpha value is -0.0300. The molecule has 0 spiro atoms. The zero-order chi connectivity index (χ0) is 10.7. The lowest BCUT2D eigenvalue weighted by Gasteiger charge is -2.37. The zero-order valence-electron chi connectivity index (χ0n) is 10.1. The van der Waals surface area contributed by atoms with E-state index in [1.807, 2.05) is 0 Å². The Labute approximate surface area is 115 Å². The van der Waals surface area contributed by atoms with Crippen LogP contribution >= 0.6 is 24.8 Å². The normalized spacial score (nSPS) is 24.3. The number of nitrogens with zero attached hydrogens (tertiary/aromatic N) is 1. The van der Waals surface area contributed by atoms with Gasteiger partial charge < -0.3 is 16.0 Å². The lowest BCUT2D eigenvalue weighted by molar-refractivity contribution is -0.139. The van der Waals surface area contributed by atoms with Gasteiger partial charge in [-0.25, -0.2) is 0 Å². The predicted octanol–water partition coefficient (Wildman–Crippen LogP) is 0.637. The number of piperidine rings is 1. The summed E-state index contributed by atoms with van der Waals surface area (Å²) in [7, 11) is 0. The van der Waals surface area contributed by atoms with Gasteiger partial charge in [-0.15, -0.1) is 24.8 Å². The highest BCUT2D eigenvalue weighted by molar-refractivity contribution is 5.85. The van der Waals surface area contributed by atoms with E-state index in [1.165, 1.54) is 6.42 Å². The first-order valence-electron chi connectivity index (χ1n) is 6.01. The monoisotopic (exact) mass is 283 g/mol. The fourth-order valence-corrected chi connectivity index (χ4v) is 2.46. The van der Waals surface area contributed by atoms with Crippen LogP contribution in [0.1, 0.15) is 19.3 Å². The van der Waals surface area contributed by atoms with Gasteiger partial charge in [0, 0.05) is 26.2 Å². The Balaban J connectivity index is 0.00000128. The summed E-state index contributed by atoms with van der Waals surface area (Å²) in [5.41, 5.74) is 5.56. The van der Waals surface area contributed by atoms with Crippen molar-refractivity contribution in [3.05, 3.63) is 0 Å². The van der Waals surface area contributed by atoms with Crippen molar-refractivity contribution in [1.29, 1.82) is 0 Å². The number of hydrogen-bond donors (Lipinski definition) is 2. The Morgan fingerprint density at radius 2 is 2.06 bits per heavy atom. The first kappa shape index (κ1) is 17.0. The summed E-state index contributed by atoms with van der Waals surface area (Å²) in [6.45, 7) is 4.38. The number of rotatable bonds is 3. The molecule has 1 amide bonds. The summed E-state index contributed by atoms with van der Waals surface area (Å²) in [4.78, 5) is 14.0. The number of nitrogens with one attached hydrogen (secondary N) is 1. The molecule has 1 unspecified atom stereocenters. The molecule has 6 heteroatoms. The summed E-state index contributed by atoms with van der Waals surface area (Å²) in [5, 5.41) is 3.15. The summed E-state index contributed by atoms with van der Waals surface area (Å²) in [6.07, 6.45) is 3.45. The van der Waals surface area contributed by atoms with Crippen LogP contribution in [0.25, 0.3) is 0 Å². The van der Waals surface area contributed by atoms with Crippen LogP contribution in [0.5, 0.6) is 0 Å². The molecule has 2 rings (SSSR count). The summed E-state index contributed by atoms with van der Waals surface area (Å²) in [5.74, 6) is 1.25. The molecular formula is C11H23Cl2N3O. The second-order valence-electron chi connectivity index (χ2n) is 4.73. The molecule has 2 fully saturated rings. The molecule has 0 bridgehead atoms. The fourth-order valence-electron chi connectivity index (χ4n) is 2.46. The van der Waals surface area contributed by atoms with E-state index in [2.05, 4.69) is 10.2 Å². The van der Waals surface area contributed by atoms with Crippen LogP contribution < -0.4 is 11.1 Å². The fraction of sp³-hybridized carbons (Fsp3) is 0.909. The van der Waals surface area contributed by atoms with Gasteiger partial charge in [-0.3, -0.25) is 4.79 Å². The molecule has 102 valence electrons. The van der Waals surface area contributed by atoms with Gasteiger partial charge in [0.05, 0.1) is 5.92 Å². The third kappa shape index (κ3) is 4.28. The molecule has 17 heavy (non-hydrogen) atoms. The third-order valence-corrected chi connectivity index (χ3v) is 3.54. The van der Waals surface area contributed by atoms with E-state index in [-0.39, 0.29) is 30.7 Å². The number of amides is 1. The molecule has 2 heterocycles. The minimum atomic E-state index is 0. The van der Waals surface area contributed by atoms with Gasteiger partial charge in [-0.2, -0.15) is 0 Å². The lowest BCUT2D eigenvalue weighted by atomic mass is 9.93. The molecule has 4 nitrogen and oxygen atoms in total. The van der Waals surface area contributed by atoms with E-state index in [0.717, 1.165) is 45.6 Å². The van der Waals surface area contributed by atoms with Gasteiger partial charge in [0.1, 0.15) is 0 Å². The minimum Gasteiger partial charge on any atom is -0.342 e. The van der Waals surface area contributed by atoms with Crippen LogP contribution in [-0.4, -0.2) is 43.5 Å². The van der Waals surface area contributed by atoms with E-state index < -0.39 is 0 Å². The third-order valence-electron chi connectivity index (χ3n) is 3.54. The molecule has 0 radical (unpaired) electrons. The van der Waals surface area contributed by atoms with Gasteiger partial charge in [0.2, 0.25) is 5.91 Å². The minimum absolute atomic E-state index is 0. The predicted molar refractivity (Wildman–Crippen MR) is 73.8 cm³/mol. The first-order valence-corrected chi connectivity index (χ1v) is 6.01. The average Bonchev–Trinajstić information content (AvgIpc) is 2.16. The highest BCUT2D eigenvalue weighted by Gasteiger charge is 2.31. The Kier molecular flexibility index (Phi) is 8.12. The molecule has 3 N–H and O–H groups in total. The Morgan fingerprint density at radius 3 is 2.59 bits per heavy atom. The smallest absolute Gasteiger partial charge is 0.228 e. The molecule has 2 saturated heterocycles. The van der Waals surface area contributed by atoms with Crippen molar-refractivity contribution in [3.63, 3.8) is 0 Å². The SMILES string of the molecule is Cl.Cl.NCCC1CCCN(C(=O)C2CNC2)C1. The Bertz CT molecular complexity index is 235. The quantitative estimate of drug-likeness (QED) is 0.799. The van der Waals surface area contributed by atoms with Crippen LogP contribution in [0.3, 0.4) is 0 Å². The van der Waals surface area contributed by atoms with Crippen molar-refractivity contribution >= 4 is 30.7 Å². The number of halogens is 2. The van der Waals surface area contributed by atoms with Crippen LogP contribution in [0, 0.1) is 11.8 Å². The van der Waals surface area contributed by atoms with Crippen molar-refractivity contribution in [2.45, 2.75) is 19.3 Å². The molecule has 0 aromatic carbocycles. The van der Waals surface area contributed by atoms with E-state index >= 15 is 0 Å². The van der Waals surface area contributed by atoms with E-state index in [0.29, 0.717) is 11.8 Å². The van der Waals surface area contributed by atoms with E-state index in [4.69, 9.17) is 5.73 Å². The van der Waals surface area contributed by atoms with Crippen LogP contribution in [-0.2, 0) is 4.79 Å². The highest BCUT2D eigenvalue weighted by Crippen LogP contribution is 2.21. The van der Waals surface area contributed by atoms with Crippen molar-refractivity contribution < 1.29 is 4.79 Å². The summed E-state index contributed by atoms with van der Waals surface area (Å²) >= 11 is 0. The van der Waals surface area contributed by atoms with E-state index in [9.17, 15) is 4.79 Å². The topological polar surface area (TPSA) is 58.4 Å². The lowest BCUT2D eigenvalue weighted by Crippen LogP contribution is -2.54. The zero-order valence-corrected chi connectivity index (χ0v) is 11.7. The van der Waals surface area contributed by atoms with Gasteiger partial charge in [0.15, 0.2) is 0 Å².